The Bertz CT molecular complexity index is 530. The summed E-state index contributed by atoms with van der Waals surface area (Å²) in [5, 5.41) is 8.98. The number of hydrogen-bond donors (Lipinski definition) is 1. The van der Waals surface area contributed by atoms with Gasteiger partial charge >= 0.3 is 5.97 Å². The molecule has 108 valence electrons. The highest BCUT2D eigenvalue weighted by molar-refractivity contribution is 7.99. The maximum Gasteiger partial charge on any atom is 0.305 e. The van der Waals surface area contributed by atoms with E-state index in [4.69, 9.17) is 5.11 Å². The second-order valence-electron chi connectivity index (χ2n) is 5.14. The zero-order valence-corrected chi connectivity index (χ0v) is 12.6. The second-order valence-corrected chi connectivity index (χ2v) is 6.29. The van der Waals surface area contributed by atoms with Gasteiger partial charge in [-0.05, 0) is 25.5 Å². The predicted octanol–water partition coefficient (Wildman–Crippen LogP) is 2.34. The van der Waals surface area contributed by atoms with E-state index >= 15 is 0 Å². The molecule has 1 aromatic rings. The Morgan fingerprint density at radius 1 is 1.40 bits per heavy atom. The van der Waals surface area contributed by atoms with E-state index in [-0.39, 0.29) is 18.4 Å². The van der Waals surface area contributed by atoms with E-state index in [9.17, 15) is 9.59 Å². The van der Waals surface area contributed by atoms with E-state index in [2.05, 4.69) is 0 Å². The van der Waals surface area contributed by atoms with Crippen molar-refractivity contribution >= 4 is 23.6 Å². The van der Waals surface area contributed by atoms with Gasteiger partial charge in [0.2, 0.25) is 0 Å². The Kier molecular flexibility index (Phi) is 4.70. The highest BCUT2D eigenvalue weighted by atomic mass is 32.2. The highest BCUT2D eigenvalue weighted by Crippen LogP contribution is 2.22. The predicted molar refractivity (Wildman–Crippen MR) is 80.3 cm³/mol. The highest BCUT2D eigenvalue weighted by Gasteiger charge is 2.30. The number of aryl methyl sites for hydroxylation is 2. The van der Waals surface area contributed by atoms with Gasteiger partial charge in [-0.1, -0.05) is 17.7 Å². The average molecular weight is 293 g/mol. The molecule has 1 aromatic carbocycles. The fraction of sp³-hybridized carbons (Fsp3) is 0.467. The van der Waals surface area contributed by atoms with Crippen molar-refractivity contribution in [3.63, 3.8) is 0 Å². The molecule has 4 nitrogen and oxygen atoms in total. The third-order valence-corrected chi connectivity index (χ3v) is 4.60. The van der Waals surface area contributed by atoms with Gasteiger partial charge in [0.05, 0.1) is 12.5 Å². The zero-order valence-electron chi connectivity index (χ0n) is 11.8. The van der Waals surface area contributed by atoms with Gasteiger partial charge in [-0.2, -0.15) is 11.8 Å². The Hall–Kier alpha value is -1.49. The van der Waals surface area contributed by atoms with Crippen LogP contribution in [0.4, 0.5) is 0 Å². The van der Waals surface area contributed by atoms with Crippen LogP contribution in [0, 0.1) is 13.8 Å². The Morgan fingerprint density at radius 2 is 2.15 bits per heavy atom. The topological polar surface area (TPSA) is 57.6 Å². The third kappa shape index (κ3) is 3.33. The van der Waals surface area contributed by atoms with E-state index < -0.39 is 5.97 Å². The Labute approximate surface area is 123 Å². The number of nitrogens with zero attached hydrogens (tertiary/aromatic N) is 1. The first-order chi connectivity index (χ1) is 9.49. The summed E-state index contributed by atoms with van der Waals surface area (Å²) in [6.45, 7) is 4.53. The minimum atomic E-state index is -0.851. The quantitative estimate of drug-likeness (QED) is 0.929. The van der Waals surface area contributed by atoms with Crippen molar-refractivity contribution in [2.45, 2.75) is 26.3 Å². The van der Waals surface area contributed by atoms with Crippen molar-refractivity contribution in [3.05, 3.63) is 34.9 Å². The molecular weight excluding hydrogens is 274 g/mol. The van der Waals surface area contributed by atoms with Crippen LogP contribution < -0.4 is 0 Å². The molecule has 1 amide bonds. The van der Waals surface area contributed by atoms with Crippen LogP contribution in [-0.2, 0) is 4.79 Å². The van der Waals surface area contributed by atoms with Gasteiger partial charge < -0.3 is 10.0 Å². The monoisotopic (exact) mass is 293 g/mol. The van der Waals surface area contributed by atoms with Crippen molar-refractivity contribution in [3.8, 4) is 0 Å². The summed E-state index contributed by atoms with van der Waals surface area (Å²) < 4.78 is 0. The van der Waals surface area contributed by atoms with Gasteiger partial charge in [-0.3, -0.25) is 9.59 Å². The van der Waals surface area contributed by atoms with Crippen molar-refractivity contribution in [2.75, 3.05) is 18.1 Å². The second kappa shape index (κ2) is 6.31. The molecule has 1 N–H and O–H groups in total. The van der Waals surface area contributed by atoms with E-state index in [1.165, 1.54) is 0 Å². The summed E-state index contributed by atoms with van der Waals surface area (Å²) >= 11 is 1.71. The molecule has 1 atom stereocenters. The molecule has 1 aliphatic rings. The largest absolute Gasteiger partial charge is 0.481 e. The molecule has 0 aliphatic carbocycles. The van der Waals surface area contributed by atoms with Gasteiger partial charge in [0, 0.05) is 23.6 Å². The first-order valence-corrected chi connectivity index (χ1v) is 7.82. The van der Waals surface area contributed by atoms with Crippen LogP contribution in [0.15, 0.2) is 18.2 Å². The van der Waals surface area contributed by atoms with Gasteiger partial charge in [0.25, 0.3) is 5.91 Å². The first kappa shape index (κ1) is 14.9. The van der Waals surface area contributed by atoms with Crippen molar-refractivity contribution in [1.82, 2.24) is 4.90 Å². The molecule has 1 unspecified atom stereocenters. The molecule has 20 heavy (non-hydrogen) atoms. The number of thioether (sulfide) groups is 1. The Morgan fingerprint density at radius 3 is 2.80 bits per heavy atom. The minimum Gasteiger partial charge on any atom is -0.481 e. The molecule has 1 fully saturated rings. The third-order valence-electron chi connectivity index (χ3n) is 3.51. The lowest BCUT2D eigenvalue weighted by molar-refractivity contribution is -0.138. The summed E-state index contributed by atoms with van der Waals surface area (Å²) in [4.78, 5) is 25.3. The molecule has 0 aromatic heterocycles. The molecule has 0 spiro atoms. The summed E-state index contributed by atoms with van der Waals surface area (Å²) in [7, 11) is 0. The summed E-state index contributed by atoms with van der Waals surface area (Å²) in [5.41, 5.74) is 2.75. The summed E-state index contributed by atoms with van der Waals surface area (Å²) in [6.07, 6.45) is 0.0175. The van der Waals surface area contributed by atoms with Crippen LogP contribution in [0.3, 0.4) is 0 Å². The lowest BCUT2D eigenvalue weighted by Gasteiger charge is -2.35. The van der Waals surface area contributed by atoms with Crippen molar-refractivity contribution in [1.29, 1.82) is 0 Å². The Balaban J connectivity index is 2.22. The van der Waals surface area contributed by atoms with Crippen LogP contribution in [0.5, 0.6) is 0 Å². The molecule has 1 heterocycles. The summed E-state index contributed by atoms with van der Waals surface area (Å²) in [5.74, 6) is 0.667. The van der Waals surface area contributed by atoms with E-state index in [0.29, 0.717) is 17.9 Å². The molecule has 5 heteroatoms. The average Bonchev–Trinajstić information content (AvgIpc) is 2.38. The molecule has 0 bridgehead atoms. The fourth-order valence-corrected chi connectivity index (χ4v) is 3.56. The fourth-order valence-electron chi connectivity index (χ4n) is 2.50. The van der Waals surface area contributed by atoms with Crippen molar-refractivity contribution in [2.24, 2.45) is 0 Å². The number of carbonyl (C=O) groups excluding carboxylic acids is 1. The number of benzene rings is 1. The summed E-state index contributed by atoms with van der Waals surface area (Å²) in [6, 6.07) is 5.54. The number of aliphatic carboxylic acids is 1. The van der Waals surface area contributed by atoms with E-state index in [1.54, 1.807) is 16.7 Å². The maximum atomic E-state index is 12.6. The smallest absolute Gasteiger partial charge is 0.305 e. The lowest BCUT2D eigenvalue weighted by atomic mass is 10.0. The SMILES string of the molecule is Cc1ccc(C(=O)N2CCSCC2CC(=O)O)c(C)c1. The number of amides is 1. The van der Waals surface area contributed by atoms with Crippen LogP contribution in [0.25, 0.3) is 0 Å². The van der Waals surface area contributed by atoms with Crippen LogP contribution in [0.2, 0.25) is 0 Å². The molecule has 2 rings (SSSR count). The minimum absolute atomic E-state index is 0.0175. The molecule has 0 radical (unpaired) electrons. The van der Waals surface area contributed by atoms with Gasteiger partial charge in [-0.15, -0.1) is 0 Å². The molecular formula is C15H19NO3S. The zero-order chi connectivity index (χ0) is 14.7. The van der Waals surface area contributed by atoms with Crippen LogP contribution >= 0.6 is 11.8 Å². The molecule has 0 saturated carbocycles. The van der Waals surface area contributed by atoms with Gasteiger partial charge in [0.15, 0.2) is 0 Å². The number of carboxylic acid groups (broad SMARTS) is 1. The van der Waals surface area contributed by atoms with Gasteiger partial charge in [-0.25, -0.2) is 0 Å². The van der Waals surface area contributed by atoms with Gasteiger partial charge in [0.1, 0.15) is 0 Å². The standard InChI is InChI=1S/C15H19NO3S/c1-10-3-4-13(11(2)7-10)15(19)16-5-6-20-9-12(16)8-14(17)18/h3-4,7,12H,5-6,8-9H2,1-2H3,(H,17,18). The number of carbonyl (C=O) groups is 2. The first-order valence-electron chi connectivity index (χ1n) is 6.67. The van der Waals surface area contributed by atoms with Crippen molar-refractivity contribution < 1.29 is 14.7 Å². The van der Waals surface area contributed by atoms with Crippen LogP contribution in [0.1, 0.15) is 27.9 Å². The number of hydrogen-bond acceptors (Lipinski definition) is 3. The number of carboxylic acids is 1. The molecule has 1 aliphatic heterocycles. The van der Waals surface area contributed by atoms with Crippen LogP contribution in [-0.4, -0.2) is 46.0 Å². The van der Waals surface area contributed by atoms with E-state index in [1.807, 2.05) is 32.0 Å². The normalized spacial score (nSPS) is 18.9. The molecule has 1 saturated heterocycles. The lowest BCUT2D eigenvalue weighted by Crippen LogP contribution is -2.47. The maximum absolute atomic E-state index is 12.6. The van der Waals surface area contributed by atoms with E-state index in [0.717, 1.165) is 16.9 Å². The number of rotatable bonds is 3.